The van der Waals surface area contributed by atoms with Crippen molar-refractivity contribution in [2.24, 2.45) is 0 Å². The smallest absolute Gasteiger partial charge is 0.337 e. The molecule has 2 aliphatic rings. The fourth-order valence-electron chi connectivity index (χ4n) is 2.36. The number of unbranched alkanes of at least 4 members (excludes halogenated alkanes) is 2. The molecule has 0 fully saturated rings. The summed E-state index contributed by atoms with van der Waals surface area (Å²) in [7, 11) is 1.42. The second-order valence-electron chi connectivity index (χ2n) is 4.80. The Morgan fingerprint density at radius 2 is 2.00 bits per heavy atom. The lowest BCUT2D eigenvalue weighted by molar-refractivity contribution is 0.0601. The van der Waals surface area contributed by atoms with Crippen LogP contribution in [0.15, 0.2) is 36.4 Å². The number of hydrogen-bond acceptors (Lipinski definition) is 2. The zero-order valence-electron chi connectivity index (χ0n) is 11.6. The maximum absolute atomic E-state index is 11.7. The monoisotopic (exact) mass is 256 g/mol. The summed E-state index contributed by atoms with van der Waals surface area (Å²) in [6.45, 7) is 2.21. The number of hydrogen-bond donors (Lipinski definition) is 0. The molecule has 0 radical (unpaired) electrons. The van der Waals surface area contributed by atoms with Crippen molar-refractivity contribution in [2.75, 3.05) is 7.11 Å². The minimum absolute atomic E-state index is 0.279. The molecule has 0 aliphatic heterocycles. The van der Waals surface area contributed by atoms with Gasteiger partial charge in [-0.25, -0.2) is 4.79 Å². The third-order valence-corrected chi connectivity index (χ3v) is 3.44. The molecule has 0 atom stereocenters. The molecule has 0 saturated heterocycles. The molecule has 0 aromatic rings. The summed E-state index contributed by atoms with van der Waals surface area (Å²) >= 11 is 0. The first-order valence-corrected chi connectivity index (χ1v) is 6.86. The third-order valence-electron chi connectivity index (χ3n) is 3.44. The Hall–Kier alpha value is -1.83. The van der Waals surface area contributed by atoms with Gasteiger partial charge in [-0.3, -0.25) is 0 Å². The molecule has 0 unspecified atom stereocenters. The van der Waals surface area contributed by atoms with E-state index in [4.69, 9.17) is 4.74 Å². The highest BCUT2D eigenvalue weighted by Crippen LogP contribution is 2.29. The minimum Gasteiger partial charge on any atom is -0.465 e. The maximum Gasteiger partial charge on any atom is 0.337 e. The zero-order chi connectivity index (χ0) is 13.7. The highest BCUT2D eigenvalue weighted by Gasteiger charge is 2.11. The molecule has 100 valence electrons. The SMILES string of the molecule is CCCCCc1ccc2cccc(C(=O)OC)cc1-2. The van der Waals surface area contributed by atoms with Crippen molar-refractivity contribution < 1.29 is 9.53 Å². The van der Waals surface area contributed by atoms with Crippen molar-refractivity contribution >= 4 is 5.97 Å². The van der Waals surface area contributed by atoms with Crippen molar-refractivity contribution in [1.82, 2.24) is 0 Å². The first-order chi connectivity index (χ1) is 9.26. The highest BCUT2D eigenvalue weighted by molar-refractivity contribution is 5.91. The number of rotatable bonds is 5. The van der Waals surface area contributed by atoms with Crippen LogP contribution in [0.1, 0.15) is 42.1 Å². The van der Waals surface area contributed by atoms with Gasteiger partial charge >= 0.3 is 5.97 Å². The molecule has 0 N–H and O–H groups in total. The first-order valence-electron chi connectivity index (χ1n) is 6.86. The average molecular weight is 256 g/mol. The van der Waals surface area contributed by atoms with E-state index in [1.54, 1.807) is 0 Å². The number of ether oxygens (including phenoxy) is 1. The standard InChI is InChI=1S/C17H20O2/c1-3-4-5-7-13-10-11-14-8-6-9-15(12-16(13)14)17(18)19-2/h6,8-12H,3-5,7H2,1-2H3. The van der Waals surface area contributed by atoms with Crippen LogP contribution in [0.2, 0.25) is 0 Å². The lowest BCUT2D eigenvalue weighted by atomic mass is 10.0. The van der Waals surface area contributed by atoms with E-state index >= 15 is 0 Å². The molecule has 0 aromatic carbocycles. The normalized spacial score (nSPS) is 10.6. The van der Waals surface area contributed by atoms with Crippen LogP contribution in [-0.4, -0.2) is 13.1 Å². The number of carbonyl (C=O) groups excluding carboxylic acids is 1. The highest BCUT2D eigenvalue weighted by atomic mass is 16.5. The fraction of sp³-hybridized carbons (Fsp3) is 0.353. The van der Waals surface area contributed by atoms with Crippen molar-refractivity contribution in [3.63, 3.8) is 0 Å². The molecule has 2 nitrogen and oxygen atoms in total. The zero-order valence-corrected chi connectivity index (χ0v) is 11.6. The molecule has 0 aromatic heterocycles. The molecule has 0 heterocycles. The van der Waals surface area contributed by atoms with Gasteiger partial charge in [-0.05, 0) is 41.7 Å². The minimum atomic E-state index is -0.279. The third kappa shape index (κ3) is 3.14. The van der Waals surface area contributed by atoms with Gasteiger partial charge in [0.05, 0.1) is 12.7 Å². The summed E-state index contributed by atoms with van der Waals surface area (Å²) in [5, 5.41) is 0. The maximum atomic E-state index is 11.7. The topological polar surface area (TPSA) is 26.3 Å². The van der Waals surface area contributed by atoms with E-state index in [2.05, 4.69) is 19.1 Å². The van der Waals surface area contributed by atoms with Gasteiger partial charge in [-0.1, -0.05) is 44.0 Å². The summed E-state index contributed by atoms with van der Waals surface area (Å²) in [6.07, 6.45) is 4.74. The van der Waals surface area contributed by atoms with Gasteiger partial charge in [0.15, 0.2) is 0 Å². The Kier molecular flexibility index (Phi) is 4.56. The van der Waals surface area contributed by atoms with E-state index in [0.29, 0.717) is 5.56 Å². The molecule has 2 heteroatoms. The van der Waals surface area contributed by atoms with Gasteiger partial charge in [0.2, 0.25) is 0 Å². The molecule has 0 saturated carbocycles. The van der Waals surface area contributed by atoms with Crippen LogP contribution in [0, 0.1) is 0 Å². The van der Waals surface area contributed by atoms with Crippen LogP contribution in [-0.2, 0) is 11.2 Å². The van der Waals surface area contributed by atoms with E-state index in [9.17, 15) is 4.79 Å². The van der Waals surface area contributed by atoms with Crippen LogP contribution in [0.25, 0.3) is 11.1 Å². The fourth-order valence-corrected chi connectivity index (χ4v) is 2.36. The van der Waals surface area contributed by atoms with Crippen LogP contribution >= 0.6 is 0 Å². The number of fused-ring (bicyclic) bond motifs is 1. The summed E-state index contributed by atoms with van der Waals surface area (Å²) in [6, 6.07) is 12.0. The van der Waals surface area contributed by atoms with Crippen molar-refractivity contribution in [3.8, 4) is 11.1 Å². The molecule has 0 amide bonds. The number of esters is 1. The molecule has 0 spiro atoms. The van der Waals surface area contributed by atoms with Gasteiger partial charge in [-0.15, -0.1) is 0 Å². The van der Waals surface area contributed by atoms with Crippen molar-refractivity contribution in [2.45, 2.75) is 32.6 Å². The van der Waals surface area contributed by atoms with Crippen molar-refractivity contribution in [3.05, 3.63) is 47.5 Å². The van der Waals surface area contributed by atoms with Crippen LogP contribution in [0.4, 0.5) is 0 Å². The second-order valence-corrected chi connectivity index (χ2v) is 4.80. The lowest BCUT2D eigenvalue weighted by Gasteiger charge is -2.02. The Labute approximate surface area is 114 Å². The summed E-state index contributed by atoms with van der Waals surface area (Å²) in [5.41, 5.74) is 4.29. The number of aryl methyl sites for hydroxylation is 1. The predicted octanol–water partition coefficient (Wildman–Crippen LogP) is 4.31. The van der Waals surface area contributed by atoms with E-state index in [1.165, 1.54) is 43.1 Å². The van der Waals surface area contributed by atoms with E-state index < -0.39 is 0 Å². The molecular formula is C17H20O2. The summed E-state index contributed by atoms with van der Waals surface area (Å²) < 4.78 is 4.80. The largest absolute Gasteiger partial charge is 0.465 e. The average Bonchev–Trinajstić information content (AvgIpc) is 2.68. The quantitative estimate of drug-likeness (QED) is 0.588. The lowest BCUT2D eigenvalue weighted by Crippen LogP contribution is -1.99. The van der Waals surface area contributed by atoms with E-state index in [-0.39, 0.29) is 5.97 Å². The Morgan fingerprint density at radius 3 is 2.74 bits per heavy atom. The first kappa shape index (κ1) is 13.6. The molecular weight excluding hydrogens is 236 g/mol. The summed E-state index contributed by atoms with van der Waals surface area (Å²) in [4.78, 5) is 11.7. The Morgan fingerprint density at radius 1 is 1.16 bits per heavy atom. The van der Waals surface area contributed by atoms with E-state index in [1.807, 2.05) is 24.3 Å². The number of carbonyl (C=O) groups is 1. The van der Waals surface area contributed by atoms with Gasteiger partial charge < -0.3 is 4.74 Å². The predicted molar refractivity (Wildman–Crippen MR) is 77.6 cm³/mol. The van der Waals surface area contributed by atoms with Gasteiger partial charge in [-0.2, -0.15) is 0 Å². The van der Waals surface area contributed by atoms with E-state index in [0.717, 1.165) is 6.42 Å². The van der Waals surface area contributed by atoms with Gasteiger partial charge in [0, 0.05) is 0 Å². The van der Waals surface area contributed by atoms with Crippen LogP contribution < -0.4 is 0 Å². The van der Waals surface area contributed by atoms with Gasteiger partial charge in [0.25, 0.3) is 0 Å². The molecule has 19 heavy (non-hydrogen) atoms. The van der Waals surface area contributed by atoms with Crippen molar-refractivity contribution in [1.29, 1.82) is 0 Å². The second kappa shape index (κ2) is 6.37. The summed E-state index contributed by atoms with van der Waals surface area (Å²) in [5.74, 6) is -0.279. The number of methoxy groups -OCH3 is 1. The van der Waals surface area contributed by atoms with Crippen LogP contribution in [0.5, 0.6) is 0 Å². The van der Waals surface area contributed by atoms with Gasteiger partial charge in [0.1, 0.15) is 0 Å². The molecule has 2 rings (SSSR count). The molecule has 2 aliphatic carbocycles. The Balaban J connectivity index is 2.32. The Bertz CT molecular complexity index is 531. The molecule has 0 bridgehead atoms. The van der Waals surface area contributed by atoms with Crippen LogP contribution in [0.3, 0.4) is 0 Å².